The molecule has 4 rings (SSSR count). The Morgan fingerprint density at radius 1 is 0.735 bits per heavy atom. The van der Waals surface area contributed by atoms with E-state index >= 15 is 4.39 Å². The third-order valence-electron chi connectivity index (χ3n) is 6.20. The van der Waals surface area contributed by atoms with Crippen molar-refractivity contribution < 1.29 is 13.2 Å². The molecule has 0 aliphatic carbocycles. The zero-order valence-electron chi connectivity index (χ0n) is 19.2. The van der Waals surface area contributed by atoms with Crippen molar-refractivity contribution in [3.8, 4) is 0 Å². The molecule has 0 radical (unpaired) electrons. The Morgan fingerprint density at radius 3 is 2.18 bits per heavy atom. The van der Waals surface area contributed by atoms with Crippen molar-refractivity contribution in [2.45, 2.75) is 51.9 Å². The van der Waals surface area contributed by atoms with Gasteiger partial charge < -0.3 is 0 Å². The lowest BCUT2D eigenvalue weighted by Gasteiger charge is -2.10. The molecule has 0 fully saturated rings. The molecule has 0 unspecified atom stereocenters. The minimum absolute atomic E-state index is 0.289. The Labute approximate surface area is 203 Å². The first-order chi connectivity index (χ1) is 16.4. The van der Waals surface area contributed by atoms with Crippen LogP contribution in [0.3, 0.4) is 0 Å². The SMILES string of the molecule is CCCCc1ccc(CCc2ccc3c(F)c(CCc4cc(F)c(Cl)c(F)c4)ccc3c2)nc1. The number of unbranched alkanes of at least 4 members (excludes halogenated alkanes) is 1. The van der Waals surface area contributed by atoms with Gasteiger partial charge in [-0.1, -0.05) is 61.3 Å². The van der Waals surface area contributed by atoms with Crippen LogP contribution in [0.2, 0.25) is 5.02 Å². The number of aryl methyl sites for hydroxylation is 5. The quantitative estimate of drug-likeness (QED) is 0.219. The molecule has 0 spiro atoms. The fraction of sp³-hybridized carbons (Fsp3) is 0.276. The molecule has 0 aliphatic heterocycles. The van der Waals surface area contributed by atoms with Crippen molar-refractivity contribution in [2.75, 3.05) is 0 Å². The molecule has 0 N–H and O–H groups in total. The fourth-order valence-corrected chi connectivity index (χ4v) is 4.28. The number of halogens is 4. The molecule has 1 aromatic heterocycles. The minimum Gasteiger partial charge on any atom is -0.261 e. The summed E-state index contributed by atoms with van der Waals surface area (Å²) in [4.78, 5) is 4.58. The standard InChI is InChI=1S/C29H27ClF3N/c1-2-3-4-20-7-13-24(34-18-20)12-6-19-8-14-25-23(15-19)11-10-22(29(25)33)9-5-21-16-26(31)28(30)27(32)17-21/h7-8,10-11,13-18H,2-6,9,12H2,1H3. The van der Waals surface area contributed by atoms with Crippen LogP contribution in [0.5, 0.6) is 0 Å². The van der Waals surface area contributed by atoms with Gasteiger partial charge in [-0.2, -0.15) is 0 Å². The van der Waals surface area contributed by atoms with E-state index in [1.54, 1.807) is 6.07 Å². The van der Waals surface area contributed by atoms with Crippen LogP contribution in [0.15, 0.2) is 60.8 Å². The predicted molar refractivity (Wildman–Crippen MR) is 133 cm³/mol. The van der Waals surface area contributed by atoms with Crippen molar-refractivity contribution in [3.63, 3.8) is 0 Å². The summed E-state index contributed by atoms with van der Waals surface area (Å²) in [6.07, 6.45) is 7.69. The normalized spacial score (nSPS) is 11.3. The van der Waals surface area contributed by atoms with E-state index in [4.69, 9.17) is 11.6 Å². The summed E-state index contributed by atoms with van der Waals surface area (Å²) < 4.78 is 42.5. The average Bonchev–Trinajstić information content (AvgIpc) is 2.85. The molecule has 1 nitrogen and oxygen atoms in total. The van der Waals surface area contributed by atoms with E-state index in [0.717, 1.165) is 35.9 Å². The van der Waals surface area contributed by atoms with E-state index in [1.165, 1.54) is 30.5 Å². The molecule has 5 heteroatoms. The van der Waals surface area contributed by atoms with Gasteiger partial charge in [0.1, 0.15) is 22.5 Å². The molecule has 0 saturated carbocycles. The maximum atomic E-state index is 15.1. The summed E-state index contributed by atoms with van der Waals surface area (Å²) in [5.74, 6) is -1.89. The van der Waals surface area contributed by atoms with Gasteiger partial charge in [0.05, 0.1) is 0 Å². The highest BCUT2D eigenvalue weighted by atomic mass is 35.5. The fourth-order valence-electron chi connectivity index (χ4n) is 4.17. The van der Waals surface area contributed by atoms with E-state index in [9.17, 15) is 8.78 Å². The molecule has 176 valence electrons. The lowest BCUT2D eigenvalue weighted by molar-refractivity contribution is 0.579. The number of benzene rings is 3. The lowest BCUT2D eigenvalue weighted by atomic mass is 9.97. The molecule has 0 atom stereocenters. The number of nitrogens with zero attached hydrogens (tertiary/aromatic N) is 1. The molecule has 34 heavy (non-hydrogen) atoms. The van der Waals surface area contributed by atoms with E-state index in [1.807, 2.05) is 30.5 Å². The van der Waals surface area contributed by atoms with Crippen LogP contribution in [0, 0.1) is 17.5 Å². The van der Waals surface area contributed by atoms with Crippen LogP contribution in [-0.4, -0.2) is 4.98 Å². The highest BCUT2D eigenvalue weighted by Crippen LogP contribution is 2.26. The van der Waals surface area contributed by atoms with E-state index in [-0.39, 0.29) is 5.82 Å². The highest BCUT2D eigenvalue weighted by molar-refractivity contribution is 6.30. The van der Waals surface area contributed by atoms with Crippen molar-refractivity contribution in [3.05, 3.63) is 111 Å². The Morgan fingerprint density at radius 2 is 1.47 bits per heavy atom. The molecule has 0 aliphatic rings. The molecule has 4 aromatic rings. The topological polar surface area (TPSA) is 12.9 Å². The van der Waals surface area contributed by atoms with Gasteiger partial charge in [-0.3, -0.25) is 4.98 Å². The first-order valence-electron chi connectivity index (χ1n) is 11.7. The largest absolute Gasteiger partial charge is 0.261 e. The van der Waals surface area contributed by atoms with Crippen molar-refractivity contribution in [1.29, 1.82) is 0 Å². The summed E-state index contributed by atoms with van der Waals surface area (Å²) in [5.41, 5.74) is 4.42. The number of rotatable bonds is 9. The average molecular weight is 482 g/mol. The second kappa shape index (κ2) is 11.1. The lowest BCUT2D eigenvalue weighted by Crippen LogP contribution is -1.99. The summed E-state index contributed by atoms with van der Waals surface area (Å²) in [6.45, 7) is 2.18. The summed E-state index contributed by atoms with van der Waals surface area (Å²) in [6, 6.07) is 16.1. The Hall–Kier alpha value is -2.85. The molecule has 1 heterocycles. The molecular weight excluding hydrogens is 455 g/mol. The molecule has 3 aromatic carbocycles. The summed E-state index contributed by atoms with van der Waals surface area (Å²) >= 11 is 5.54. The van der Waals surface area contributed by atoms with Gasteiger partial charge in [0.15, 0.2) is 0 Å². The summed E-state index contributed by atoms with van der Waals surface area (Å²) in [7, 11) is 0. The Bertz CT molecular complexity index is 1260. The first-order valence-corrected chi connectivity index (χ1v) is 12.1. The van der Waals surface area contributed by atoms with E-state index in [2.05, 4.69) is 24.0 Å². The molecule has 0 amide bonds. The summed E-state index contributed by atoms with van der Waals surface area (Å²) in [5, 5.41) is 0.870. The highest BCUT2D eigenvalue weighted by Gasteiger charge is 2.12. The van der Waals surface area contributed by atoms with Crippen LogP contribution in [0.25, 0.3) is 10.8 Å². The third kappa shape index (κ3) is 5.79. The van der Waals surface area contributed by atoms with Gasteiger partial charge in [-0.25, -0.2) is 13.2 Å². The van der Waals surface area contributed by atoms with Gasteiger partial charge in [0, 0.05) is 17.3 Å². The van der Waals surface area contributed by atoms with Crippen LogP contribution >= 0.6 is 11.6 Å². The second-order valence-corrected chi connectivity index (χ2v) is 9.11. The third-order valence-corrected chi connectivity index (χ3v) is 6.56. The predicted octanol–water partition coefficient (Wildman–Crippen LogP) is 8.22. The van der Waals surface area contributed by atoms with Gasteiger partial charge in [-0.15, -0.1) is 0 Å². The van der Waals surface area contributed by atoms with Crippen LogP contribution in [0.1, 0.15) is 47.7 Å². The van der Waals surface area contributed by atoms with Crippen LogP contribution in [-0.2, 0) is 32.1 Å². The minimum atomic E-state index is -0.800. The zero-order valence-corrected chi connectivity index (χ0v) is 19.9. The van der Waals surface area contributed by atoms with Gasteiger partial charge in [0.2, 0.25) is 0 Å². The van der Waals surface area contributed by atoms with E-state index < -0.39 is 16.7 Å². The monoisotopic (exact) mass is 481 g/mol. The number of hydrogen-bond acceptors (Lipinski definition) is 1. The van der Waals surface area contributed by atoms with Gasteiger partial charge in [-0.05, 0) is 84.4 Å². The Kier molecular flexibility index (Phi) is 7.89. The molecule has 0 bridgehead atoms. The second-order valence-electron chi connectivity index (χ2n) is 8.73. The van der Waals surface area contributed by atoms with Crippen molar-refractivity contribution in [2.24, 2.45) is 0 Å². The number of hydrogen-bond donors (Lipinski definition) is 0. The van der Waals surface area contributed by atoms with Gasteiger partial charge in [0.25, 0.3) is 0 Å². The maximum Gasteiger partial charge on any atom is 0.145 e. The Balaban J connectivity index is 1.42. The van der Waals surface area contributed by atoms with E-state index in [0.29, 0.717) is 29.4 Å². The number of aromatic nitrogens is 1. The molecule has 0 saturated heterocycles. The van der Waals surface area contributed by atoms with Crippen LogP contribution in [0.4, 0.5) is 13.2 Å². The smallest absolute Gasteiger partial charge is 0.145 e. The van der Waals surface area contributed by atoms with Crippen LogP contribution < -0.4 is 0 Å². The number of pyridine rings is 1. The zero-order chi connectivity index (χ0) is 24.1. The maximum absolute atomic E-state index is 15.1. The molecular formula is C29H27ClF3N. The van der Waals surface area contributed by atoms with Crippen molar-refractivity contribution >= 4 is 22.4 Å². The first kappa shape index (κ1) is 24.3. The number of fused-ring (bicyclic) bond motifs is 1. The van der Waals surface area contributed by atoms with Gasteiger partial charge >= 0.3 is 0 Å². The van der Waals surface area contributed by atoms with Crippen molar-refractivity contribution in [1.82, 2.24) is 4.98 Å².